The molecule has 0 spiro atoms. The fourth-order valence-corrected chi connectivity index (χ4v) is 4.44. The first-order valence-electron chi connectivity index (χ1n) is 9.85. The summed E-state index contributed by atoms with van der Waals surface area (Å²) in [7, 11) is -0.0200. The molecule has 7 heteroatoms. The van der Waals surface area contributed by atoms with Gasteiger partial charge in [-0.1, -0.05) is 50.5 Å². The van der Waals surface area contributed by atoms with Gasteiger partial charge in [0.2, 0.25) is 10.0 Å². The molecule has 0 saturated heterocycles. The predicted octanol–water partition coefficient (Wildman–Crippen LogP) is 2.62. The van der Waals surface area contributed by atoms with Gasteiger partial charge in [0.05, 0.1) is 5.75 Å². The average Bonchev–Trinajstić information content (AvgIpc) is 2.65. The zero-order valence-corrected chi connectivity index (χ0v) is 17.6. The lowest BCUT2D eigenvalue weighted by atomic mass is 9.81. The van der Waals surface area contributed by atoms with Crippen LogP contribution >= 0.6 is 0 Å². The molecule has 6 nitrogen and oxygen atoms in total. The van der Waals surface area contributed by atoms with Crippen molar-refractivity contribution < 1.29 is 8.42 Å². The Kier molecular flexibility index (Phi) is 8.57. The van der Waals surface area contributed by atoms with E-state index in [0.29, 0.717) is 6.54 Å². The monoisotopic (exact) mass is 394 g/mol. The second-order valence-corrected chi connectivity index (χ2v) is 9.49. The molecule has 27 heavy (non-hydrogen) atoms. The van der Waals surface area contributed by atoms with E-state index in [2.05, 4.69) is 27.3 Å². The molecule has 0 aromatic heterocycles. The highest BCUT2D eigenvalue weighted by Gasteiger charge is 2.18. The van der Waals surface area contributed by atoms with Crippen molar-refractivity contribution in [1.29, 1.82) is 0 Å². The second kappa shape index (κ2) is 10.7. The fraction of sp³-hybridized carbons (Fsp3) is 0.650. The van der Waals surface area contributed by atoms with Gasteiger partial charge in [-0.3, -0.25) is 4.99 Å². The Morgan fingerprint density at radius 2 is 1.85 bits per heavy atom. The Morgan fingerprint density at radius 3 is 2.48 bits per heavy atom. The van der Waals surface area contributed by atoms with Gasteiger partial charge >= 0.3 is 0 Å². The number of rotatable bonds is 8. The third-order valence-electron chi connectivity index (χ3n) is 5.26. The summed E-state index contributed by atoms with van der Waals surface area (Å²) in [6.45, 7) is 3.95. The van der Waals surface area contributed by atoms with Gasteiger partial charge in [-0.15, -0.1) is 0 Å². The lowest BCUT2D eigenvalue weighted by molar-refractivity contribution is 0.270. The quantitative estimate of drug-likeness (QED) is 0.468. The van der Waals surface area contributed by atoms with Crippen LogP contribution in [0.2, 0.25) is 0 Å². The van der Waals surface area contributed by atoms with Crippen LogP contribution in [0, 0.1) is 11.8 Å². The highest BCUT2D eigenvalue weighted by atomic mass is 32.2. The highest BCUT2D eigenvalue weighted by Crippen LogP contribution is 2.30. The molecule has 1 aliphatic carbocycles. The van der Waals surface area contributed by atoms with Crippen molar-refractivity contribution in [2.75, 3.05) is 20.6 Å². The maximum absolute atomic E-state index is 11.6. The smallest absolute Gasteiger partial charge is 0.215 e. The molecule has 0 heterocycles. The van der Waals surface area contributed by atoms with Crippen molar-refractivity contribution in [3.63, 3.8) is 0 Å². The molecule has 1 fully saturated rings. The Bertz CT molecular complexity index is 701. The molecule has 1 aliphatic rings. The second-order valence-electron chi connectivity index (χ2n) is 7.56. The van der Waals surface area contributed by atoms with Crippen molar-refractivity contribution >= 4 is 16.0 Å². The van der Waals surface area contributed by atoms with Crippen molar-refractivity contribution in [3.8, 4) is 0 Å². The summed E-state index contributed by atoms with van der Waals surface area (Å²) < 4.78 is 25.5. The molecule has 1 saturated carbocycles. The molecule has 1 aromatic rings. The van der Waals surface area contributed by atoms with Gasteiger partial charge in [-0.05, 0) is 42.9 Å². The summed E-state index contributed by atoms with van der Waals surface area (Å²) in [6, 6.07) is 7.60. The number of sulfonamides is 1. The number of nitrogens with one attached hydrogen (secondary N) is 3. The molecule has 1 aromatic carbocycles. The van der Waals surface area contributed by atoms with E-state index in [4.69, 9.17) is 0 Å². The minimum absolute atomic E-state index is 0.000215. The van der Waals surface area contributed by atoms with Gasteiger partial charge < -0.3 is 10.6 Å². The molecule has 2 unspecified atom stereocenters. The van der Waals surface area contributed by atoms with Gasteiger partial charge in [-0.2, -0.15) is 0 Å². The number of hydrogen-bond donors (Lipinski definition) is 3. The normalized spacial score (nSPS) is 21.1. The molecule has 0 radical (unpaired) electrons. The van der Waals surface area contributed by atoms with E-state index in [9.17, 15) is 8.42 Å². The van der Waals surface area contributed by atoms with E-state index in [-0.39, 0.29) is 5.75 Å². The van der Waals surface area contributed by atoms with E-state index < -0.39 is 10.0 Å². The number of nitrogens with zero attached hydrogens (tertiary/aromatic N) is 1. The third-order valence-corrected chi connectivity index (χ3v) is 6.60. The SMILES string of the molecule is CN=C(NCCC1CCCC(C)C1)NCc1ccc(CS(=O)(=O)NC)cc1. The molecule has 2 atom stereocenters. The van der Waals surface area contributed by atoms with Crippen molar-refractivity contribution in [2.45, 2.75) is 51.3 Å². The predicted molar refractivity (Wildman–Crippen MR) is 112 cm³/mol. The Balaban J connectivity index is 1.73. The van der Waals surface area contributed by atoms with Crippen molar-refractivity contribution in [3.05, 3.63) is 35.4 Å². The summed E-state index contributed by atoms with van der Waals surface area (Å²) in [5, 5.41) is 6.72. The standard InChI is InChI=1S/C20H34N4O2S/c1-16-5-4-6-17(13-16)11-12-23-20(21-2)24-14-18-7-9-19(10-8-18)15-27(25,26)22-3/h7-10,16-17,22H,4-6,11-15H2,1-3H3,(H2,21,23,24). The molecule has 0 aliphatic heterocycles. The van der Waals surface area contributed by atoms with E-state index in [0.717, 1.165) is 35.5 Å². The topological polar surface area (TPSA) is 82.6 Å². The third kappa shape index (κ3) is 7.89. The van der Waals surface area contributed by atoms with Crippen LogP contribution in [0.4, 0.5) is 0 Å². The maximum atomic E-state index is 11.6. The van der Waals surface area contributed by atoms with E-state index in [1.54, 1.807) is 7.05 Å². The Morgan fingerprint density at radius 1 is 1.15 bits per heavy atom. The van der Waals surface area contributed by atoms with Crippen LogP contribution in [0.1, 0.15) is 50.2 Å². The van der Waals surface area contributed by atoms with Crippen LogP contribution in [0.25, 0.3) is 0 Å². The molecule has 152 valence electrons. The molecule has 0 amide bonds. The number of guanidine groups is 1. The fourth-order valence-electron chi connectivity index (χ4n) is 3.67. The van der Waals surface area contributed by atoms with E-state index in [1.807, 2.05) is 24.3 Å². The van der Waals surface area contributed by atoms with Crippen LogP contribution in [0.3, 0.4) is 0 Å². The van der Waals surface area contributed by atoms with Crippen LogP contribution in [-0.2, 0) is 22.3 Å². The van der Waals surface area contributed by atoms with Crippen molar-refractivity contribution in [2.24, 2.45) is 16.8 Å². The maximum Gasteiger partial charge on any atom is 0.215 e. The number of aliphatic imine (C=N–C) groups is 1. The van der Waals surface area contributed by atoms with Gasteiger partial charge in [0.15, 0.2) is 5.96 Å². The average molecular weight is 395 g/mol. The van der Waals surface area contributed by atoms with E-state index in [1.165, 1.54) is 39.2 Å². The van der Waals surface area contributed by atoms with Gasteiger partial charge in [-0.25, -0.2) is 13.1 Å². The first-order chi connectivity index (χ1) is 12.9. The zero-order valence-electron chi connectivity index (χ0n) is 16.8. The largest absolute Gasteiger partial charge is 0.356 e. The summed E-state index contributed by atoms with van der Waals surface area (Å²) >= 11 is 0. The van der Waals surface area contributed by atoms with Crippen LogP contribution in [-0.4, -0.2) is 35.0 Å². The first-order valence-corrected chi connectivity index (χ1v) is 11.5. The van der Waals surface area contributed by atoms with Crippen LogP contribution < -0.4 is 15.4 Å². The van der Waals surface area contributed by atoms with Gasteiger partial charge in [0, 0.05) is 20.1 Å². The Hall–Kier alpha value is -1.60. The van der Waals surface area contributed by atoms with Crippen LogP contribution in [0.5, 0.6) is 0 Å². The van der Waals surface area contributed by atoms with E-state index >= 15 is 0 Å². The minimum atomic E-state index is -3.23. The lowest BCUT2D eigenvalue weighted by Gasteiger charge is -2.26. The summed E-state index contributed by atoms with van der Waals surface area (Å²) in [6.07, 6.45) is 6.65. The Labute approximate surface area is 164 Å². The number of benzene rings is 1. The van der Waals surface area contributed by atoms with Crippen LogP contribution in [0.15, 0.2) is 29.3 Å². The molecule has 0 bridgehead atoms. The molecular weight excluding hydrogens is 360 g/mol. The molecule has 3 N–H and O–H groups in total. The molecule has 2 rings (SSSR count). The summed E-state index contributed by atoms with van der Waals surface area (Å²) in [5.41, 5.74) is 1.86. The summed E-state index contributed by atoms with van der Waals surface area (Å²) in [4.78, 5) is 4.28. The van der Waals surface area contributed by atoms with Gasteiger partial charge in [0.1, 0.15) is 0 Å². The number of hydrogen-bond acceptors (Lipinski definition) is 3. The highest BCUT2D eigenvalue weighted by molar-refractivity contribution is 7.88. The molecular formula is C20H34N4O2S. The first kappa shape index (κ1) is 21.7. The van der Waals surface area contributed by atoms with Crippen molar-refractivity contribution in [1.82, 2.24) is 15.4 Å². The van der Waals surface area contributed by atoms with Gasteiger partial charge in [0.25, 0.3) is 0 Å². The lowest BCUT2D eigenvalue weighted by Crippen LogP contribution is -2.38. The zero-order chi connectivity index (χ0) is 19.7. The summed E-state index contributed by atoms with van der Waals surface area (Å²) in [5.74, 6) is 2.51. The minimum Gasteiger partial charge on any atom is -0.356 e.